The Morgan fingerprint density at radius 2 is 1.81 bits per heavy atom. The fourth-order valence-corrected chi connectivity index (χ4v) is 3.95. The molecule has 0 bridgehead atoms. The first-order valence-electron chi connectivity index (χ1n) is 10.4. The van der Waals surface area contributed by atoms with Crippen LogP contribution in [-0.4, -0.2) is 48.4 Å². The molecule has 188 valence electrons. The first kappa shape index (κ1) is 25.6. The molecule has 0 N–H and O–H groups in total. The lowest BCUT2D eigenvalue weighted by atomic mass is 10.2. The maximum Gasteiger partial charge on any atom is 0.390 e. The number of ether oxygens (including phenoxy) is 1. The lowest BCUT2D eigenvalue weighted by molar-refractivity contribution is -0.136. The zero-order chi connectivity index (χ0) is 26.0. The van der Waals surface area contributed by atoms with Gasteiger partial charge in [0.1, 0.15) is 6.54 Å². The van der Waals surface area contributed by atoms with Crippen LogP contribution < -0.4 is 5.69 Å². The minimum Gasteiger partial charge on any atom is -0.463 e. The second-order valence-electron chi connectivity index (χ2n) is 7.49. The van der Waals surface area contributed by atoms with Gasteiger partial charge in [-0.05, 0) is 52.3 Å². The largest absolute Gasteiger partial charge is 0.463 e. The highest BCUT2D eigenvalue weighted by atomic mass is 79.9. The molecule has 0 atom stereocenters. The molecule has 0 unspecified atom stereocenters. The molecular weight excluding hydrogens is 569 g/mol. The van der Waals surface area contributed by atoms with Gasteiger partial charge >= 0.3 is 17.8 Å². The van der Waals surface area contributed by atoms with E-state index in [9.17, 15) is 22.8 Å². The highest BCUT2D eigenvalue weighted by Gasteiger charge is 2.29. The molecule has 0 fully saturated rings. The van der Waals surface area contributed by atoms with Crippen molar-refractivity contribution in [2.75, 3.05) is 7.11 Å². The predicted molar refractivity (Wildman–Crippen MR) is 127 cm³/mol. The zero-order valence-corrected chi connectivity index (χ0v) is 20.9. The third-order valence-corrected chi connectivity index (χ3v) is 5.96. The highest BCUT2D eigenvalue weighted by molar-refractivity contribution is 9.10. The Morgan fingerprint density at radius 1 is 1.11 bits per heavy atom. The number of hydrogen-bond acceptors (Lipinski definition) is 6. The number of alkyl halides is 3. The lowest BCUT2D eigenvalue weighted by Crippen LogP contribution is -2.27. The van der Waals surface area contributed by atoms with E-state index < -0.39 is 30.8 Å². The monoisotopic (exact) mass is 584 g/mol. The van der Waals surface area contributed by atoms with Crippen LogP contribution in [0.2, 0.25) is 5.02 Å². The van der Waals surface area contributed by atoms with Crippen molar-refractivity contribution >= 4 is 33.5 Å². The molecule has 14 heteroatoms. The Labute approximate surface area is 215 Å². The van der Waals surface area contributed by atoms with E-state index >= 15 is 0 Å². The second kappa shape index (κ2) is 10.3. The minimum absolute atomic E-state index is 0.0244. The van der Waals surface area contributed by atoms with Gasteiger partial charge < -0.3 is 4.74 Å². The summed E-state index contributed by atoms with van der Waals surface area (Å²) < 4.78 is 47.3. The summed E-state index contributed by atoms with van der Waals surface area (Å²) in [5.74, 6) is -0.869. The normalized spacial score (nSPS) is 11.6. The third kappa shape index (κ3) is 5.51. The van der Waals surface area contributed by atoms with Crippen molar-refractivity contribution in [3.05, 3.63) is 80.2 Å². The van der Waals surface area contributed by atoms with Crippen molar-refractivity contribution in [1.29, 1.82) is 0 Å². The van der Waals surface area contributed by atoms with Gasteiger partial charge in [-0.25, -0.2) is 23.9 Å². The van der Waals surface area contributed by atoms with Gasteiger partial charge in [-0.1, -0.05) is 23.7 Å². The van der Waals surface area contributed by atoms with E-state index in [1.165, 1.54) is 23.9 Å². The molecule has 2 aromatic carbocycles. The Kier molecular flexibility index (Phi) is 7.31. The van der Waals surface area contributed by atoms with Gasteiger partial charge in [0.15, 0.2) is 11.6 Å². The molecule has 0 spiro atoms. The number of methoxy groups -OCH3 is 1. The zero-order valence-electron chi connectivity index (χ0n) is 18.5. The molecule has 36 heavy (non-hydrogen) atoms. The molecule has 2 aromatic heterocycles. The summed E-state index contributed by atoms with van der Waals surface area (Å²) in [7, 11) is 1.19. The van der Waals surface area contributed by atoms with E-state index in [0.717, 1.165) is 9.25 Å². The summed E-state index contributed by atoms with van der Waals surface area (Å²) >= 11 is 9.31. The average Bonchev–Trinajstić information content (AvgIpc) is 3.39. The standard InChI is InChI=1S/C22H17BrClF3N6O3/c1-36-20(34)19-28-17(29-33(19)16-5-3-2-4-15(16)23)12-32-21(35)31(11-10-22(25,26)27)18(30-32)13-6-8-14(24)9-7-13/h2-9H,10-12H2,1H3. The average molecular weight is 586 g/mol. The van der Waals surface area contributed by atoms with E-state index in [0.29, 0.717) is 20.7 Å². The number of carbonyl (C=O) groups excluding carboxylic acids is 1. The van der Waals surface area contributed by atoms with Crippen LogP contribution in [-0.2, 0) is 17.8 Å². The number of benzene rings is 2. The summed E-state index contributed by atoms with van der Waals surface area (Å²) in [6, 6.07) is 13.1. The Balaban J connectivity index is 1.77. The molecule has 0 saturated heterocycles. The number of esters is 1. The van der Waals surface area contributed by atoms with Gasteiger partial charge in [-0.15, -0.1) is 10.2 Å². The van der Waals surface area contributed by atoms with Gasteiger partial charge in [0.25, 0.3) is 0 Å². The van der Waals surface area contributed by atoms with Crippen LogP contribution in [0.1, 0.15) is 22.9 Å². The molecule has 9 nitrogen and oxygen atoms in total. The smallest absolute Gasteiger partial charge is 0.390 e. The van der Waals surface area contributed by atoms with E-state index in [1.54, 1.807) is 36.4 Å². The van der Waals surface area contributed by atoms with Crippen molar-refractivity contribution in [3.8, 4) is 17.1 Å². The van der Waals surface area contributed by atoms with Crippen molar-refractivity contribution in [1.82, 2.24) is 29.1 Å². The van der Waals surface area contributed by atoms with E-state index in [4.69, 9.17) is 16.3 Å². The topological polar surface area (TPSA) is 96.8 Å². The first-order chi connectivity index (χ1) is 17.1. The summed E-state index contributed by atoms with van der Waals surface area (Å²) in [6.07, 6.45) is -5.70. The van der Waals surface area contributed by atoms with Gasteiger partial charge in [0, 0.05) is 21.6 Å². The molecular formula is C22H17BrClF3N6O3. The molecule has 4 rings (SSSR count). The van der Waals surface area contributed by atoms with E-state index in [1.807, 2.05) is 0 Å². The van der Waals surface area contributed by atoms with Crippen molar-refractivity contribution in [2.45, 2.75) is 25.7 Å². The number of nitrogens with zero attached hydrogens (tertiary/aromatic N) is 6. The molecule has 0 aliphatic rings. The summed E-state index contributed by atoms with van der Waals surface area (Å²) in [5, 5.41) is 8.98. The van der Waals surface area contributed by atoms with E-state index in [-0.39, 0.29) is 24.0 Å². The molecule has 0 aliphatic carbocycles. The molecule has 4 aromatic rings. The lowest BCUT2D eigenvalue weighted by Gasteiger charge is -2.08. The molecule has 0 saturated carbocycles. The third-order valence-electron chi connectivity index (χ3n) is 5.03. The van der Waals surface area contributed by atoms with Gasteiger partial charge in [-0.3, -0.25) is 4.57 Å². The van der Waals surface area contributed by atoms with Crippen molar-refractivity contribution in [3.63, 3.8) is 0 Å². The van der Waals surface area contributed by atoms with Crippen LogP contribution in [0.4, 0.5) is 13.2 Å². The Morgan fingerprint density at radius 3 is 2.44 bits per heavy atom. The Hall–Kier alpha value is -3.45. The quantitative estimate of drug-likeness (QED) is 0.297. The van der Waals surface area contributed by atoms with Crippen LogP contribution in [0.3, 0.4) is 0 Å². The van der Waals surface area contributed by atoms with Crippen molar-refractivity contribution in [2.24, 2.45) is 0 Å². The van der Waals surface area contributed by atoms with E-state index in [2.05, 4.69) is 31.1 Å². The predicted octanol–water partition coefficient (Wildman–Crippen LogP) is 4.50. The number of para-hydroxylation sites is 1. The summed E-state index contributed by atoms with van der Waals surface area (Å²) in [5.41, 5.74) is 0.0991. The number of halogens is 5. The fraction of sp³-hybridized carbons (Fsp3) is 0.227. The van der Waals surface area contributed by atoms with Crippen LogP contribution in [0.5, 0.6) is 0 Å². The van der Waals surface area contributed by atoms with Gasteiger partial charge in [0.2, 0.25) is 5.82 Å². The maximum absolute atomic E-state index is 13.1. The second-order valence-corrected chi connectivity index (χ2v) is 8.78. The fourth-order valence-electron chi connectivity index (χ4n) is 3.37. The van der Waals surface area contributed by atoms with Crippen molar-refractivity contribution < 1.29 is 22.7 Å². The molecule has 2 heterocycles. The van der Waals surface area contributed by atoms with Gasteiger partial charge in [-0.2, -0.15) is 13.2 Å². The number of hydrogen-bond donors (Lipinski definition) is 0. The minimum atomic E-state index is -4.47. The summed E-state index contributed by atoms with van der Waals surface area (Å²) in [6.45, 7) is -0.938. The molecule has 0 aliphatic heterocycles. The highest BCUT2D eigenvalue weighted by Crippen LogP contribution is 2.24. The maximum atomic E-state index is 13.1. The number of rotatable bonds is 7. The number of aromatic nitrogens is 6. The molecule has 0 radical (unpaired) electrons. The van der Waals surface area contributed by atoms with Crippen LogP contribution in [0, 0.1) is 0 Å². The van der Waals surface area contributed by atoms with Crippen LogP contribution in [0.15, 0.2) is 57.8 Å². The number of carbonyl (C=O) groups is 1. The summed E-state index contributed by atoms with van der Waals surface area (Å²) in [4.78, 5) is 29.6. The van der Waals surface area contributed by atoms with Gasteiger partial charge in [0.05, 0.1) is 19.2 Å². The van der Waals surface area contributed by atoms with Crippen LogP contribution >= 0.6 is 27.5 Å². The molecule has 0 amide bonds. The Bertz CT molecular complexity index is 1460. The van der Waals surface area contributed by atoms with Crippen LogP contribution in [0.25, 0.3) is 17.1 Å². The first-order valence-corrected chi connectivity index (χ1v) is 11.5. The SMILES string of the molecule is COC(=O)c1nc(Cn2nc(-c3ccc(Cl)cc3)n(CCC(F)(F)F)c2=O)nn1-c1ccccc1Br.